The van der Waals surface area contributed by atoms with Gasteiger partial charge in [-0.15, -0.1) is 11.3 Å². The van der Waals surface area contributed by atoms with Crippen LogP contribution in [0.3, 0.4) is 0 Å². The van der Waals surface area contributed by atoms with Crippen LogP contribution in [0.25, 0.3) is 6.08 Å². The second-order valence-electron chi connectivity index (χ2n) is 9.83. The summed E-state index contributed by atoms with van der Waals surface area (Å²) in [6, 6.07) is 4.18. The fraction of sp³-hybridized carbons (Fsp3) is 0.625. The molecule has 1 heterocycles. The lowest BCUT2D eigenvalue weighted by Gasteiger charge is -2.56. The van der Waals surface area contributed by atoms with Crippen LogP contribution in [-0.4, -0.2) is 17.0 Å². The van der Waals surface area contributed by atoms with E-state index in [-0.39, 0.29) is 16.9 Å². The Bertz CT molecular complexity index is 819. The van der Waals surface area contributed by atoms with E-state index in [0.29, 0.717) is 23.5 Å². The molecule has 3 heteroatoms. The number of Topliss-reactive ketones (excluding diaryl/α,β-unsaturated/α-hetero) is 1. The first kappa shape index (κ1) is 17.9. The summed E-state index contributed by atoms with van der Waals surface area (Å²) in [5.74, 6) is 2.19. The largest absolute Gasteiger partial charge is 0.393 e. The Morgan fingerprint density at radius 2 is 1.96 bits per heavy atom. The van der Waals surface area contributed by atoms with E-state index in [1.54, 1.807) is 11.3 Å². The molecule has 2 nitrogen and oxygen atoms in total. The van der Waals surface area contributed by atoms with Gasteiger partial charge in [0.05, 0.1) is 6.10 Å². The van der Waals surface area contributed by atoms with Crippen molar-refractivity contribution in [1.29, 1.82) is 0 Å². The predicted molar refractivity (Wildman–Crippen MR) is 110 cm³/mol. The van der Waals surface area contributed by atoms with E-state index in [1.165, 1.54) is 16.9 Å². The van der Waals surface area contributed by atoms with Crippen molar-refractivity contribution in [2.75, 3.05) is 0 Å². The van der Waals surface area contributed by atoms with E-state index in [1.807, 2.05) is 0 Å². The number of fused-ring (bicyclic) bond motifs is 5. The molecule has 4 aliphatic rings. The molecule has 6 atom stereocenters. The Morgan fingerprint density at radius 1 is 1.15 bits per heavy atom. The van der Waals surface area contributed by atoms with Gasteiger partial charge in [0.1, 0.15) is 0 Å². The summed E-state index contributed by atoms with van der Waals surface area (Å²) >= 11 is 1.72. The maximum atomic E-state index is 13.4. The second-order valence-corrected chi connectivity index (χ2v) is 10.8. The Balaban J connectivity index is 1.49. The molecule has 5 rings (SSSR count). The average molecular weight is 383 g/mol. The summed E-state index contributed by atoms with van der Waals surface area (Å²) in [6.45, 7) is 4.70. The van der Waals surface area contributed by atoms with E-state index in [0.717, 1.165) is 44.1 Å². The standard InChI is InChI=1S/C24H30O2S/c1-23-9-7-17(25)14-16(23)5-6-19-20(23)8-10-24(2)21(19)13-15(22(24)26)12-18-4-3-11-27-18/h3-5,11-12,17,19-21,25H,6-10,13-14H2,1-2H3/t17-,19+,20-,21+,23-,24+/m0/s1. The van der Waals surface area contributed by atoms with Crippen molar-refractivity contribution in [1.82, 2.24) is 0 Å². The first-order valence-electron chi connectivity index (χ1n) is 10.6. The fourth-order valence-electron chi connectivity index (χ4n) is 6.99. The smallest absolute Gasteiger partial charge is 0.165 e. The normalized spacial score (nSPS) is 45.2. The first-order valence-corrected chi connectivity index (χ1v) is 11.5. The monoisotopic (exact) mass is 382 g/mol. The van der Waals surface area contributed by atoms with Gasteiger partial charge in [0.2, 0.25) is 0 Å². The van der Waals surface area contributed by atoms with E-state index >= 15 is 0 Å². The second kappa shape index (κ2) is 6.15. The molecular formula is C24H30O2S. The Labute approximate surface area is 166 Å². The number of aliphatic hydroxyl groups is 1. The molecular weight excluding hydrogens is 352 g/mol. The van der Waals surface area contributed by atoms with Crippen LogP contribution < -0.4 is 0 Å². The Kier molecular flexibility index (Phi) is 4.07. The fourth-order valence-corrected chi connectivity index (χ4v) is 7.67. The molecule has 0 bridgehead atoms. The van der Waals surface area contributed by atoms with Crippen LogP contribution in [0.2, 0.25) is 0 Å². The molecule has 27 heavy (non-hydrogen) atoms. The van der Waals surface area contributed by atoms with Crippen LogP contribution in [0.4, 0.5) is 0 Å². The minimum atomic E-state index is -0.167. The number of ketones is 1. The molecule has 0 saturated heterocycles. The molecule has 0 spiro atoms. The highest BCUT2D eigenvalue weighted by Gasteiger charge is 2.59. The van der Waals surface area contributed by atoms with Crippen LogP contribution in [0.15, 0.2) is 34.7 Å². The van der Waals surface area contributed by atoms with Gasteiger partial charge in [-0.05, 0) is 91.2 Å². The highest BCUT2D eigenvalue weighted by atomic mass is 32.1. The van der Waals surface area contributed by atoms with E-state index in [4.69, 9.17) is 0 Å². The molecule has 0 radical (unpaired) electrons. The van der Waals surface area contributed by atoms with Gasteiger partial charge in [0.15, 0.2) is 5.78 Å². The number of thiophene rings is 1. The van der Waals surface area contributed by atoms with Crippen molar-refractivity contribution < 1.29 is 9.90 Å². The molecule has 144 valence electrons. The third-order valence-electron chi connectivity index (χ3n) is 8.58. The van der Waals surface area contributed by atoms with Gasteiger partial charge in [-0.2, -0.15) is 0 Å². The van der Waals surface area contributed by atoms with Crippen molar-refractivity contribution in [3.63, 3.8) is 0 Å². The maximum absolute atomic E-state index is 13.4. The number of allylic oxidation sites excluding steroid dienone is 2. The zero-order valence-corrected chi connectivity index (χ0v) is 17.2. The average Bonchev–Trinajstić information content (AvgIpc) is 3.24. The minimum Gasteiger partial charge on any atom is -0.393 e. The number of hydrogen-bond donors (Lipinski definition) is 1. The third kappa shape index (κ3) is 2.57. The highest BCUT2D eigenvalue weighted by Crippen LogP contribution is 2.64. The van der Waals surface area contributed by atoms with Crippen molar-refractivity contribution in [2.45, 2.75) is 64.9 Å². The lowest BCUT2D eigenvalue weighted by molar-refractivity contribution is -0.130. The van der Waals surface area contributed by atoms with Gasteiger partial charge in [0, 0.05) is 10.3 Å². The van der Waals surface area contributed by atoms with Gasteiger partial charge in [-0.25, -0.2) is 0 Å². The van der Waals surface area contributed by atoms with E-state index in [9.17, 15) is 9.90 Å². The maximum Gasteiger partial charge on any atom is 0.165 e. The zero-order chi connectivity index (χ0) is 18.8. The number of rotatable bonds is 1. The van der Waals surface area contributed by atoms with Crippen LogP contribution in [0.5, 0.6) is 0 Å². The molecule has 3 fully saturated rings. The lowest BCUT2D eigenvalue weighted by Crippen LogP contribution is -2.50. The lowest BCUT2D eigenvalue weighted by atomic mass is 9.48. The van der Waals surface area contributed by atoms with Gasteiger partial charge in [-0.3, -0.25) is 4.79 Å². The summed E-state index contributed by atoms with van der Waals surface area (Å²) in [7, 11) is 0. The summed E-state index contributed by atoms with van der Waals surface area (Å²) in [5, 5.41) is 12.2. The Morgan fingerprint density at radius 3 is 2.74 bits per heavy atom. The van der Waals surface area contributed by atoms with Gasteiger partial charge >= 0.3 is 0 Å². The van der Waals surface area contributed by atoms with Crippen LogP contribution in [-0.2, 0) is 4.79 Å². The zero-order valence-electron chi connectivity index (χ0n) is 16.4. The predicted octanol–water partition coefficient (Wildman–Crippen LogP) is 5.63. The molecule has 1 N–H and O–H groups in total. The minimum absolute atomic E-state index is 0.150. The summed E-state index contributed by atoms with van der Waals surface area (Å²) < 4.78 is 0. The topological polar surface area (TPSA) is 37.3 Å². The van der Waals surface area contributed by atoms with Crippen LogP contribution >= 0.6 is 11.3 Å². The van der Waals surface area contributed by atoms with Crippen molar-refractivity contribution in [3.8, 4) is 0 Å². The SMILES string of the molecule is C[C@@]12CC[C@H]3[C@@H](CC=C4C[C@@H](O)CC[C@@]43C)[C@H]1CC(=Cc1cccs1)C2=O. The molecule has 0 amide bonds. The molecule has 4 aliphatic carbocycles. The Hall–Kier alpha value is -1.19. The van der Waals surface area contributed by atoms with Crippen LogP contribution in [0, 0.1) is 28.6 Å². The summed E-state index contributed by atoms with van der Waals surface area (Å²) in [4.78, 5) is 14.6. The van der Waals surface area contributed by atoms with Gasteiger partial charge < -0.3 is 5.11 Å². The molecule has 1 aromatic rings. The summed E-state index contributed by atoms with van der Waals surface area (Å²) in [5.41, 5.74) is 2.64. The number of hydrogen-bond acceptors (Lipinski definition) is 3. The molecule has 0 aliphatic heterocycles. The van der Waals surface area contributed by atoms with Crippen molar-refractivity contribution in [3.05, 3.63) is 39.6 Å². The van der Waals surface area contributed by atoms with Crippen molar-refractivity contribution in [2.24, 2.45) is 28.6 Å². The van der Waals surface area contributed by atoms with E-state index < -0.39 is 0 Å². The van der Waals surface area contributed by atoms with Crippen molar-refractivity contribution >= 4 is 23.2 Å². The van der Waals surface area contributed by atoms with E-state index in [2.05, 4.69) is 43.5 Å². The van der Waals surface area contributed by atoms with Crippen LogP contribution in [0.1, 0.15) is 63.7 Å². The molecule has 1 aromatic heterocycles. The highest BCUT2D eigenvalue weighted by molar-refractivity contribution is 7.10. The molecule has 3 saturated carbocycles. The number of carbonyl (C=O) groups is 1. The number of carbonyl (C=O) groups excluding carboxylic acids is 1. The molecule has 0 unspecified atom stereocenters. The first-order chi connectivity index (χ1) is 12.9. The molecule has 0 aromatic carbocycles. The van der Waals surface area contributed by atoms with Gasteiger partial charge in [-0.1, -0.05) is 31.6 Å². The summed E-state index contributed by atoms with van der Waals surface area (Å²) in [6.07, 6.45) is 11.6. The quantitative estimate of drug-likeness (QED) is 0.504. The number of aliphatic hydroxyl groups excluding tert-OH is 1. The third-order valence-corrected chi connectivity index (χ3v) is 9.40. The van der Waals surface area contributed by atoms with Gasteiger partial charge in [0.25, 0.3) is 0 Å².